The summed E-state index contributed by atoms with van der Waals surface area (Å²) in [5.41, 5.74) is 2.38. The van der Waals surface area contributed by atoms with Gasteiger partial charge in [0.2, 0.25) is 0 Å². The Morgan fingerprint density at radius 3 is 2.43 bits per heavy atom. The molecule has 0 saturated heterocycles. The minimum atomic E-state index is -0.269. The minimum Gasteiger partial charge on any atom is -0.393 e. The summed E-state index contributed by atoms with van der Waals surface area (Å²) in [5.74, 6) is 0. The Kier molecular flexibility index (Phi) is 4.41. The van der Waals surface area contributed by atoms with Gasteiger partial charge in [0.15, 0.2) is 0 Å². The molecule has 1 aromatic carbocycles. The molecular weight excluding hydrogens is 172 g/mol. The van der Waals surface area contributed by atoms with Crippen molar-refractivity contribution in [3.05, 3.63) is 48.9 Å². The van der Waals surface area contributed by atoms with Gasteiger partial charge in [-0.25, -0.2) is 0 Å². The summed E-state index contributed by atoms with van der Waals surface area (Å²) in [7, 11) is 0. The second-order valence-electron chi connectivity index (χ2n) is 3.43. The molecule has 0 aliphatic rings. The maximum absolute atomic E-state index is 9.34. The average molecular weight is 189 g/mol. The van der Waals surface area contributed by atoms with Gasteiger partial charge in [-0.2, -0.15) is 0 Å². The summed E-state index contributed by atoms with van der Waals surface area (Å²) in [6, 6.07) is 8.23. The molecule has 1 radical (unpaired) electrons. The van der Waals surface area contributed by atoms with E-state index in [1.807, 2.05) is 18.2 Å². The average Bonchev–Trinajstić information content (AvgIpc) is 2.26. The maximum Gasteiger partial charge on any atom is 0.0543 e. The third-order valence-corrected chi connectivity index (χ3v) is 2.31. The van der Waals surface area contributed by atoms with Gasteiger partial charge >= 0.3 is 0 Å². The van der Waals surface area contributed by atoms with Gasteiger partial charge in [0.25, 0.3) is 0 Å². The van der Waals surface area contributed by atoms with Gasteiger partial charge in [-0.05, 0) is 30.4 Å². The molecule has 0 heterocycles. The third kappa shape index (κ3) is 3.35. The minimum absolute atomic E-state index is 0.269. The molecule has 14 heavy (non-hydrogen) atoms. The van der Waals surface area contributed by atoms with E-state index in [0.717, 1.165) is 18.4 Å². The fourth-order valence-electron chi connectivity index (χ4n) is 1.30. The summed E-state index contributed by atoms with van der Waals surface area (Å²) in [6.45, 7) is 7.36. The van der Waals surface area contributed by atoms with E-state index in [4.69, 9.17) is 0 Å². The van der Waals surface area contributed by atoms with Crippen molar-refractivity contribution < 1.29 is 5.11 Å². The van der Waals surface area contributed by atoms with Gasteiger partial charge in [0.05, 0.1) is 6.10 Å². The highest BCUT2D eigenvalue weighted by atomic mass is 16.3. The molecule has 0 bridgehead atoms. The quantitative estimate of drug-likeness (QED) is 0.755. The number of aliphatic hydroxyl groups excluding tert-OH is 1. The van der Waals surface area contributed by atoms with Crippen LogP contribution >= 0.6 is 0 Å². The molecule has 0 saturated carbocycles. The first-order valence-corrected chi connectivity index (χ1v) is 4.95. The zero-order valence-corrected chi connectivity index (χ0v) is 8.45. The van der Waals surface area contributed by atoms with Crippen molar-refractivity contribution in [1.29, 1.82) is 0 Å². The van der Waals surface area contributed by atoms with E-state index < -0.39 is 0 Å². The van der Waals surface area contributed by atoms with Crippen molar-refractivity contribution in [2.75, 3.05) is 0 Å². The summed E-state index contributed by atoms with van der Waals surface area (Å²) in [4.78, 5) is 0. The van der Waals surface area contributed by atoms with Crippen molar-refractivity contribution in [2.45, 2.75) is 25.4 Å². The van der Waals surface area contributed by atoms with Gasteiger partial charge in [-0.3, -0.25) is 0 Å². The van der Waals surface area contributed by atoms with E-state index >= 15 is 0 Å². The largest absolute Gasteiger partial charge is 0.393 e. The molecule has 0 aliphatic carbocycles. The van der Waals surface area contributed by atoms with Crippen molar-refractivity contribution >= 4 is 6.08 Å². The van der Waals surface area contributed by atoms with Gasteiger partial charge in [-0.15, -0.1) is 0 Å². The Morgan fingerprint density at radius 1 is 1.29 bits per heavy atom. The van der Waals surface area contributed by atoms with Gasteiger partial charge in [0.1, 0.15) is 0 Å². The number of rotatable bonds is 5. The highest BCUT2D eigenvalue weighted by molar-refractivity contribution is 5.47. The van der Waals surface area contributed by atoms with E-state index in [2.05, 4.69) is 25.6 Å². The monoisotopic (exact) mass is 189 g/mol. The van der Waals surface area contributed by atoms with Crippen LogP contribution in [0.5, 0.6) is 0 Å². The zero-order chi connectivity index (χ0) is 10.4. The summed E-state index contributed by atoms with van der Waals surface area (Å²) < 4.78 is 0. The fraction of sp³-hybridized carbons (Fsp3) is 0.308. The lowest BCUT2D eigenvalue weighted by molar-refractivity contribution is 0.167. The lowest BCUT2D eigenvalue weighted by Gasteiger charge is -2.07. The standard InChI is InChI=1S/C13H17O/c1-3-11-5-7-12(8-6-11)9-10-13(14)4-2/h3,5-8,13-14H,1-2,4,9-10H2/t13-/m1/s1. The van der Waals surface area contributed by atoms with Crippen LogP contribution in [0, 0.1) is 6.92 Å². The lowest BCUT2D eigenvalue weighted by Crippen LogP contribution is -2.05. The first-order valence-electron chi connectivity index (χ1n) is 4.95. The number of hydrogen-bond donors (Lipinski definition) is 1. The fourth-order valence-corrected chi connectivity index (χ4v) is 1.30. The highest BCUT2D eigenvalue weighted by Gasteiger charge is 2.00. The Labute approximate surface area is 86.1 Å². The Hall–Kier alpha value is -1.08. The van der Waals surface area contributed by atoms with Crippen LogP contribution in [0.15, 0.2) is 30.8 Å². The van der Waals surface area contributed by atoms with E-state index in [1.165, 1.54) is 5.56 Å². The van der Waals surface area contributed by atoms with Gasteiger partial charge in [0, 0.05) is 0 Å². The van der Waals surface area contributed by atoms with Crippen LogP contribution in [0.1, 0.15) is 24.0 Å². The molecule has 1 N–H and O–H groups in total. The van der Waals surface area contributed by atoms with Crippen LogP contribution in [0.3, 0.4) is 0 Å². The van der Waals surface area contributed by atoms with Crippen LogP contribution in [0.4, 0.5) is 0 Å². The van der Waals surface area contributed by atoms with Gasteiger partial charge in [-0.1, -0.05) is 43.8 Å². The van der Waals surface area contributed by atoms with Crippen LogP contribution in [-0.2, 0) is 6.42 Å². The van der Waals surface area contributed by atoms with E-state index in [-0.39, 0.29) is 6.10 Å². The topological polar surface area (TPSA) is 20.2 Å². The second-order valence-corrected chi connectivity index (χ2v) is 3.43. The predicted molar refractivity (Wildman–Crippen MR) is 60.8 cm³/mol. The van der Waals surface area contributed by atoms with Crippen molar-refractivity contribution in [3.8, 4) is 0 Å². The smallest absolute Gasteiger partial charge is 0.0543 e. The lowest BCUT2D eigenvalue weighted by atomic mass is 10.0. The van der Waals surface area contributed by atoms with Crippen molar-refractivity contribution in [1.82, 2.24) is 0 Å². The SMILES string of the molecule is [CH2]C[C@@H](O)CCc1ccc(C=C)cc1. The summed E-state index contributed by atoms with van der Waals surface area (Å²) in [6.07, 6.45) is 3.85. The molecule has 75 valence electrons. The molecule has 1 atom stereocenters. The first kappa shape index (κ1) is 11.0. The molecule has 1 nitrogen and oxygen atoms in total. The molecule has 1 aromatic rings. The highest BCUT2D eigenvalue weighted by Crippen LogP contribution is 2.09. The van der Waals surface area contributed by atoms with Crippen LogP contribution in [0.2, 0.25) is 0 Å². The molecule has 0 spiro atoms. The molecule has 0 aromatic heterocycles. The number of aryl methyl sites for hydroxylation is 1. The molecule has 0 aliphatic heterocycles. The Balaban J connectivity index is 2.47. The van der Waals surface area contributed by atoms with Gasteiger partial charge < -0.3 is 5.11 Å². The molecule has 1 heteroatoms. The Bertz CT molecular complexity index is 274. The number of hydrogen-bond acceptors (Lipinski definition) is 1. The molecule has 1 rings (SSSR count). The number of aliphatic hydroxyl groups is 1. The van der Waals surface area contributed by atoms with Crippen LogP contribution in [-0.4, -0.2) is 11.2 Å². The molecule has 0 fully saturated rings. The third-order valence-electron chi connectivity index (χ3n) is 2.31. The van der Waals surface area contributed by atoms with Crippen molar-refractivity contribution in [2.24, 2.45) is 0 Å². The van der Waals surface area contributed by atoms with Crippen molar-refractivity contribution in [3.63, 3.8) is 0 Å². The van der Waals surface area contributed by atoms with E-state index in [1.54, 1.807) is 0 Å². The predicted octanol–water partition coefficient (Wildman–Crippen LogP) is 2.85. The summed E-state index contributed by atoms with van der Waals surface area (Å²) in [5, 5.41) is 9.34. The van der Waals surface area contributed by atoms with Crippen LogP contribution in [0.25, 0.3) is 6.08 Å². The zero-order valence-electron chi connectivity index (χ0n) is 8.45. The Morgan fingerprint density at radius 2 is 1.93 bits per heavy atom. The molecule has 0 amide bonds. The molecule has 0 unspecified atom stereocenters. The maximum atomic E-state index is 9.34. The second kappa shape index (κ2) is 5.61. The summed E-state index contributed by atoms with van der Waals surface area (Å²) >= 11 is 0. The van der Waals surface area contributed by atoms with Crippen LogP contribution < -0.4 is 0 Å². The first-order chi connectivity index (χ1) is 6.76. The van der Waals surface area contributed by atoms with E-state index in [9.17, 15) is 5.11 Å². The van der Waals surface area contributed by atoms with E-state index in [0.29, 0.717) is 6.42 Å². The normalized spacial score (nSPS) is 12.4. The molecular formula is C13H17O. The number of benzene rings is 1.